The summed E-state index contributed by atoms with van der Waals surface area (Å²) in [4.78, 5) is 10.1. The SMILES string of the molecule is C=CCCOc1cc([N+](=O)[O-])ccc1I. The Kier molecular flexibility index (Phi) is 4.54. The molecule has 0 fully saturated rings. The van der Waals surface area contributed by atoms with E-state index in [0.717, 1.165) is 9.99 Å². The Balaban J connectivity index is 2.80. The van der Waals surface area contributed by atoms with Crippen molar-refractivity contribution in [2.75, 3.05) is 6.61 Å². The minimum Gasteiger partial charge on any atom is -0.492 e. The van der Waals surface area contributed by atoms with Crippen molar-refractivity contribution in [1.82, 2.24) is 0 Å². The highest BCUT2D eigenvalue weighted by atomic mass is 127. The number of non-ortho nitro benzene ring substituents is 1. The maximum atomic E-state index is 10.5. The van der Waals surface area contributed by atoms with Gasteiger partial charge >= 0.3 is 0 Å². The first-order chi connectivity index (χ1) is 7.15. The van der Waals surface area contributed by atoms with Crippen LogP contribution in [0.3, 0.4) is 0 Å². The molecular formula is C10H10INO3. The quantitative estimate of drug-likeness (QED) is 0.275. The van der Waals surface area contributed by atoms with Gasteiger partial charge in [-0.15, -0.1) is 6.58 Å². The zero-order valence-corrected chi connectivity index (χ0v) is 10.1. The lowest BCUT2D eigenvalue weighted by atomic mass is 10.3. The van der Waals surface area contributed by atoms with Gasteiger partial charge in [-0.05, 0) is 35.1 Å². The molecule has 0 aromatic heterocycles. The van der Waals surface area contributed by atoms with Crippen LogP contribution in [0.1, 0.15) is 6.42 Å². The predicted octanol–water partition coefficient (Wildman–Crippen LogP) is 3.15. The number of nitro benzene ring substituents is 1. The molecule has 4 nitrogen and oxygen atoms in total. The van der Waals surface area contributed by atoms with Gasteiger partial charge in [-0.25, -0.2) is 0 Å². The van der Waals surface area contributed by atoms with Gasteiger partial charge in [0.1, 0.15) is 5.75 Å². The molecule has 80 valence electrons. The molecule has 0 unspecified atom stereocenters. The number of ether oxygens (including phenoxy) is 1. The molecule has 0 radical (unpaired) electrons. The molecule has 0 saturated heterocycles. The number of benzene rings is 1. The topological polar surface area (TPSA) is 52.4 Å². The Morgan fingerprint density at radius 3 is 2.93 bits per heavy atom. The molecule has 1 aromatic carbocycles. The van der Waals surface area contributed by atoms with Crippen LogP contribution in [0.4, 0.5) is 5.69 Å². The zero-order valence-electron chi connectivity index (χ0n) is 7.98. The minimum atomic E-state index is -0.434. The van der Waals surface area contributed by atoms with Crippen LogP contribution in [0.15, 0.2) is 30.9 Å². The second-order valence-electron chi connectivity index (χ2n) is 2.80. The summed E-state index contributed by atoms with van der Waals surface area (Å²) in [6.45, 7) is 4.06. The molecule has 5 heteroatoms. The van der Waals surface area contributed by atoms with Crippen molar-refractivity contribution in [2.24, 2.45) is 0 Å². The van der Waals surface area contributed by atoms with E-state index in [9.17, 15) is 10.1 Å². The third-order valence-corrected chi connectivity index (χ3v) is 2.60. The summed E-state index contributed by atoms with van der Waals surface area (Å²) in [6.07, 6.45) is 2.46. The molecule has 0 spiro atoms. The van der Waals surface area contributed by atoms with Crippen molar-refractivity contribution in [1.29, 1.82) is 0 Å². The van der Waals surface area contributed by atoms with Gasteiger partial charge in [-0.2, -0.15) is 0 Å². The van der Waals surface area contributed by atoms with Gasteiger partial charge in [0.15, 0.2) is 0 Å². The number of nitro groups is 1. The largest absolute Gasteiger partial charge is 0.492 e. The highest BCUT2D eigenvalue weighted by Gasteiger charge is 2.09. The second-order valence-corrected chi connectivity index (χ2v) is 3.96. The lowest BCUT2D eigenvalue weighted by Crippen LogP contribution is -1.98. The predicted molar refractivity (Wildman–Crippen MR) is 66.1 cm³/mol. The number of rotatable bonds is 5. The Bertz CT molecular complexity index is 379. The summed E-state index contributed by atoms with van der Waals surface area (Å²) in [7, 11) is 0. The molecule has 1 aromatic rings. The standard InChI is InChI=1S/C10H10INO3/c1-2-3-6-15-10-7-8(12(13)14)4-5-9(10)11/h2,4-5,7H,1,3,6H2. The normalized spacial score (nSPS) is 9.67. The number of halogens is 1. The van der Waals surface area contributed by atoms with Gasteiger partial charge in [0.05, 0.1) is 21.2 Å². The molecule has 1 rings (SSSR count). The molecule has 0 atom stereocenters. The molecule has 15 heavy (non-hydrogen) atoms. The summed E-state index contributed by atoms with van der Waals surface area (Å²) >= 11 is 2.08. The molecule has 0 saturated carbocycles. The lowest BCUT2D eigenvalue weighted by molar-refractivity contribution is -0.385. The summed E-state index contributed by atoms with van der Waals surface area (Å²) < 4.78 is 6.25. The molecule has 0 amide bonds. The summed E-state index contributed by atoms with van der Waals surface area (Å²) in [5.41, 5.74) is 0.0454. The third-order valence-electron chi connectivity index (χ3n) is 1.71. The molecule has 0 aliphatic carbocycles. The van der Waals surface area contributed by atoms with E-state index in [-0.39, 0.29) is 5.69 Å². The Hall–Kier alpha value is -1.11. The van der Waals surface area contributed by atoms with Gasteiger partial charge in [0, 0.05) is 6.07 Å². The summed E-state index contributed by atoms with van der Waals surface area (Å²) in [6, 6.07) is 4.56. The van der Waals surface area contributed by atoms with Gasteiger partial charge in [-0.3, -0.25) is 10.1 Å². The highest BCUT2D eigenvalue weighted by molar-refractivity contribution is 14.1. The average molecular weight is 319 g/mol. The van der Waals surface area contributed by atoms with E-state index in [1.807, 2.05) is 0 Å². The maximum absolute atomic E-state index is 10.5. The first-order valence-corrected chi connectivity index (χ1v) is 5.40. The Morgan fingerprint density at radius 2 is 2.33 bits per heavy atom. The summed E-state index contributed by atoms with van der Waals surface area (Å²) in [5.74, 6) is 0.548. The zero-order chi connectivity index (χ0) is 11.3. The highest BCUT2D eigenvalue weighted by Crippen LogP contribution is 2.26. The van der Waals surface area contributed by atoms with Crippen LogP contribution in [0.5, 0.6) is 5.75 Å². The van der Waals surface area contributed by atoms with E-state index in [4.69, 9.17) is 4.74 Å². The van der Waals surface area contributed by atoms with E-state index in [0.29, 0.717) is 12.4 Å². The van der Waals surface area contributed by atoms with Crippen LogP contribution in [-0.2, 0) is 0 Å². The van der Waals surface area contributed by atoms with Crippen LogP contribution in [0, 0.1) is 13.7 Å². The third kappa shape index (κ3) is 3.50. The molecule has 0 heterocycles. The van der Waals surface area contributed by atoms with E-state index >= 15 is 0 Å². The van der Waals surface area contributed by atoms with Crippen LogP contribution < -0.4 is 4.74 Å². The monoisotopic (exact) mass is 319 g/mol. The van der Waals surface area contributed by atoms with E-state index in [1.54, 1.807) is 12.1 Å². The minimum absolute atomic E-state index is 0.0454. The van der Waals surface area contributed by atoms with Crippen molar-refractivity contribution in [3.05, 3.63) is 44.5 Å². The molecular weight excluding hydrogens is 309 g/mol. The van der Waals surface area contributed by atoms with E-state index in [1.165, 1.54) is 12.1 Å². The van der Waals surface area contributed by atoms with Crippen LogP contribution in [0.2, 0.25) is 0 Å². The van der Waals surface area contributed by atoms with Crippen molar-refractivity contribution in [3.8, 4) is 5.75 Å². The number of nitrogens with zero attached hydrogens (tertiary/aromatic N) is 1. The van der Waals surface area contributed by atoms with Gasteiger partial charge in [-0.1, -0.05) is 6.08 Å². The van der Waals surface area contributed by atoms with E-state index < -0.39 is 4.92 Å². The second kappa shape index (κ2) is 5.69. The lowest BCUT2D eigenvalue weighted by Gasteiger charge is -2.06. The van der Waals surface area contributed by atoms with Gasteiger partial charge < -0.3 is 4.74 Å². The van der Waals surface area contributed by atoms with Crippen LogP contribution in [0.25, 0.3) is 0 Å². The summed E-state index contributed by atoms with van der Waals surface area (Å²) in [5, 5.41) is 10.5. The first kappa shape index (κ1) is 12.0. The fourth-order valence-electron chi connectivity index (χ4n) is 0.968. The molecule has 0 aliphatic rings. The van der Waals surface area contributed by atoms with Crippen LogP contribution >= 0.6 is 22.6 Å². The van der Waals surface area contributed by atoms with Gasteiger partial charge in [0.2, 0.25) is 0 Å². The van der Waals surface area contributed by atoms with Crippen molar-refractivity contribution >= 4 is 28.3 Å². The van der Waals surface area contributed by atoms with Crippen molar-refractivity contribution in [3.63, 3.8) is 0 Å². The molecule has 0 bridgehead atoms. The number of hydrogen-bond acceptors (Lipinski definition) is 3. The van der Waals surface area contributed by atoms with Crippen molar-refractivity contribution < 1.29 is 9.66 Å². The number of hydrogen-bond donors (Lipinski definition) is 0. The first-order valence-electron chi connectivity index (χ1n) is 4.33. The fourth-order valence-corrected chi connectivity index (χ4v) is 1.46. The van der Waals surface area contributed by atoms with E-state index in [2.05, 4.69) is 29.2 Å². The smallest absolute Gasteiger partial charge is 0.273 e. The van der Waals surface area contributed by atoms with Crippen LogP contribution in [-0.4, -0.2) is 11.5 Å². The van der Waals surface area contributed by atoms with Gasteiger partial charge in [0.25, 0.3) is 5.69 Å². The molecule has 0 N–H and O–H groups in total. The fraction of sp³-hybridized carbons (Fsp3) is 0.200. The maximum Gasteiger partial charge on any atom is 0.273 e. The Labute approximate surface area is 101 Å². The van der Waals surface area contributed by atoms with Crippen molar-refractivity contribution in [2.45, 2.75) is 6.42 Å². The average Bonchev–Trinajstić information content (AvgIpc) is 2.20. The molecule has 0 aliphatic heterocycles. The Morgan fingerprint density at radius 1 is 1.60 bits per heavy atom.